The lowest BCUT2D eigenvalue weighted by Crippen LogP contribution is -2.23. The molecule has 0 fully saturated rings. The van der Waals surface area contributed by atoms with Crippen LogP contribution >= 0.6 is 0 Å². The number of nitrogen functional groups attached to an aromatic ring is 1. The summed E-state index contributed by atoms with van der Waals surface area (Å²) in [5.41, 5.74) is 16.3. The number of amides is 1. The third-order valence-corrected chi connectivity index (χ3v) is 3.24. The summed E-state index contributed by atoms with van der Waals surface area (Å²) in [7, 11) is 0. The van der Waals surface area contributed by atoms with Gasteiger partial charge in [0, 0.05) is 17.3 Å². The van der Waals surface area contributed by atoms with Gasteiger partial charge in [0.1, 0.15) is 0 Å². The number of carbonyl (C=O) groups is 1. The van der Waals surface area contributed by atoms with Crippen molar-refractivity contribution in [3.8, 4) is 11.1 Å². The molecule has 2 aromatic carbocycles. The van der Waals surface area contributed by atoms with Crippen LogP contribution in [0, 0.1) is 19.9 Å². The van der Waals surface area contributed by atoms with Crippen molar-refractivity contribution in [3.05, 3.63) is 47.5 Å². The van der Waals surface area contributed by atoms with Crippen molar-refractivity contribution in [3.63, 3.8) is 0 Å². The summed E-state index contributed by atoms with van der Waals surface area (Å²) < 4.78 is 0. The molecule has 0 heterocycles. The van der Waals surface area contributed by atoms with Crippen molar-refractivity contribution in [2.75, 3.05) is 17.6 Å². The van der Waals surface area contributed by atoms with E-state index in [0.717, 1.165) is 27.9 Å². The molecule has 5 N–H and O–H groups in total. The molecular formula is C16H18N3O. The molecular weight excluding hydrogens is 250 g/mol. The molecule has 2 rings (SSSR count). The molecule has 103 valence electrons. The number of nitrogens with two attached hydrogens (primary N) is 2. The fourth-order valence-electron chi connectivity index (χ4n) is 2.18. The van der Waals surface area contributed by atoms with Crippen molar-refractivity contribution < 1.29 is 4.79 Å². The molecule has 4 nitrogen and oxygen atoms in total. The normalized spacial score (nSPS) is 10.3. The number of hydrogen-bond acceptors (Lipinski definition) is 3. The SMILES string of the molecule is Cc1[c]c(N)c(C)c(-c2ccccc2)c1NC(=O)CN. The van der Waals surface area contributed by atoms with E-state index in [1.54, 1.807) is 0 Å². The largest absolute Gasteiger partial charge is 0.398 e. The summed E-state index contributed by atoms with van der Waals surface area (Å²) in [5, 5.41) is 2.84. The molecule has 4 heteroatoms. The molecule has 0 saturated heterocycles. The molecule has 1 amide bonds. The van der Waals surface area contributed by atoms with E-state index < -0.39 is 0 Å². The Hall–Kier alpha value is -2.33. The summed E-state index contributed by atoms with van der Waals surface area (Å²) in [4.78, 5) is 11.6. The standard InChI is InChI=1S/C16H18N3O/c1-10-8-13(18)11(2)15(12-6-4-3-5-7-12)16(10)19-14(20)9-17/h3-7H,9,17-18H2,1-2H3,(H,19,20). The van der Waals surface area contributed by atoms with E-state index in [-0.39, 0.29) is 12.5 Å². The van der Waals surface area contributed by atoms with E-state index in [1.165, 1.54) is 0 Å². The van der Waals surface area contributed by atoms with E-state index in [0.29, 0.717) is 5.69 Å². The number of carbonyl (C=O) groups excluding carboxylic acids is 1. The Morgan fingerprint density at radius 2 is 1.90 bits per heavy atom. The zero-order chi connectivity index (χ0) is 14.7. The minimum atomic E-state index is -0.233. The van der Waals surface area contributed by atoms with Crippen LogP contribution in [-0.4, -0.2) is 12.5 Å². The Bertz CT molecular complexity index is 636. The number of hydrogen-bond donors (Lipinski definition) is 3. The fraction of sp³-hybridized carbons (Fsp3) is 0.188. The molecule has 0 aromatic heterocycles. The predicted molar refractivity (Wildman–Crippen MR) is 82.3 cm³/mol. The van der Waals surface area contributed by atoms with Crippen LogP contribution in [0.15, 0.2) is 30.3 Å². The molecule has 0 atom stereocenters. The Morgan fingerprint density at radius 1 is 1.25 bits per heavy atom. The Balaban J connectivity index is 2.66. The predicted octanol–water partition coefficient (Wildman–Crippen LogP) is 2.25. The van der Waals surface area contributed by atoms with Crippen LogP contribution < -0.4 is 16.8 Å². The summed E-state index contributed by atoms with van der Waals surface area (Å²) in [6.45, 7) is 3.73. The van der Waals surface area contributed by atoms with Gasteiger partial charge in [-0.15, -0.1) is 0 Å². The smallest absolute Gasteiger partial charge is 0.238 e. The van der Waals surface area contributed by atoms with Crippen LogP contribution in [0.2, 0.25) is 0 Å². The highest BCUT2D eigenvalue weighted by Crippen LogP contribution is 2.36. The van der Waals surface area contributed by atoms with Gasteiger partial charge >= 0.3 is 0 Å². The van der Waals surface area contributed by atoms with Gasteiger partial charge in [0.2, 0.25) is 5.91 Å². The third-order valence-electron chi connectivity index (χ3n) is 3.24. The maximum atomic E-state index is 11.6. The number of anilines is 2. The fourth-order valence-corrected chi connectivity index (χ4v) is 2.18. The Morgan fingerprint density at radius 3 is 2.50 bits per heavy atom. The molecule has 2 aromatic rings. The second-order valence-electron chi connectivity index (χ2n) is 4.66. The molecule has 0 aliphatic heterocycles. The van der Waals surface area contributed by atoms with Crippen LogP contribution in [0.3, 0.4) is 0 Å². The molecule has 0 saturated carbocycles. The number of nitrogens with one attached hydrogen (secondary N) is 1. The topological polar surface area (TPSA) is 81.1 Å². The summed E-state index contributed by atoms with van der Waals surface area (Å²) in [6, 6.07) is 12.9. The summed E-state index contributed by atoms with van der Waals surface area (Å²) in [5.74, 6) is -0.233. The quantitative estimate of drug-likeness (QED) is 0.747. The highest BCUT2D eigenvalue weighted by molar-refractivity contribution is 5.99. The molecule has 1 radical (unpaired) electrons. The van der Waals surface area contributed by atoms with Gasteiger partial charge < -0.3 is 16.8 Å². The van der Waals surface area contributed by atoms with Gasteiger partial charge in [-0.1, -0.05) is 30.3 Å². The van der Waals surface area contributed by atoms with Gasteiger partial charge in [0.05, 0.1) is 12.2 Å². The first-order valence-electron chi connectivity index (χ1n) is 6.42. The van der Waals surface area contributed by atoms with E-state index in [4.69, 9.17) is 11.5 Å². The molecule has 0 bridgehead atoms. The van der Waals surface area contributed by atoms with Crippen LogP contribution in [0.4, 0.5) is 11.4 Å². The first-order valence-corrected chi connectivity index (χ1v) is 6.42. The number of rotatable bonds is 3. The van der Waals surface area contributed by atoms with Gasteiger partial charge in [0.25, 0.3) is 0 Å². The molecule has 0 spiro atoms. The van der Waals surface area contributed by atoms with Gasteiger partial charge in [0.15, 0.2) is 0 Å². The van der Waals surface area contributed by atoms with Crippen molar-refractivity contribution in [1.82, 2.24) is 0 Å². The highest BCUT2D eigenvalue weighted by Gasteiger charge is 2.15. The highest BCUT2D eigenvalue weighted by atomic mass is 16.1. The maximum absolute atomic E-state index is 11.6. The van der Waals surface area contributed by atoms with E-state index in [9.17, 15) is 4.79 Å². The lowest BCUT2D eigenvalue weighted by molar-refractivity contribution is -0.114. The Kier molecular flexibility index (Phi) is 4.05. The second-order valence-corrected chi connectivity index (χ2v) is 4.66. The van der Waals surface area contributed by atoms with Crippen LogP contribution in [0.1, 0.15) is 11.1 Å². The first kappa shape index (κ1) is 14.1. The van der Waals surface area contributed by atoms with E-state index in [1.807, 2.05) is 44.2 Å². The van der Waals surface area contributed by atoms with Crippen molar-refractivity contribution in [2.24, 2.45) is 5.73 Å². The van der Waals surface area contributed by atoms with E-state index >= 15 is 0 Å². The minimum Gasteiger partial charge on any atom is -0.398 e. The zero-order valence-corrected chi connectivity index (χ0v) is 11.7. The Labute approximate surface area is 118 Å². The monoisotopic (exact) mass is 268 g/mol. The molecule has 0 aliphatic rings. The molecule has 20 heavy (non-hydrogen) atoms. The second kappa shape index (κ2) is 5.75. The van der Waals surface area contributed by atoms with Gasteiger partial charge in [-0.3, -0.25) is 4.79 Å². The average Bonchev–Trinajstić information content (AvgIpc) is 2.45. The molecule has 0 aliphatic carbocycles. The zero-order valence-electron chi connectivity index (χ0n) is 11.7. The summed E-state index contributed by atoms with van der Waals surface area (Å²) in [6.07, 6.45) is 0. The average molecular weight is 268 g/mol. The van der Waals surface area contributed by atoms with Crippen molar-refractivity contribution in [2.45, 2.75) is 13.8 Å². The van der Waals surface area contributed by atoms with Gasteiger partial charge in [-0.2, -0.15) is 0 Å². The third kappa shape index (κ3) is 2.65. The lowest BCUT2D eigenvalue weighted by atomic mass is 9.94. The summed E-state index contributed by atoms with van der Waals surface area (Å²) >= 11 is 0. The molecule has 0 unspecified atom stereocenters. The van der Waals surface area contributed by atoms with E-state index in [2.05, 4.69) is 11.4 Å². The lowest BCUT2D eigenvalue weighted by Gasteiger charge is -2.18. The van der Waals surface area contributed by atoms with Crippen LogP contribution in [0.25, 0.3) is 11.1 Å². The van der Waals surface area contributed by atoms with Gasteiger partial charge in [-0.05, 0) is 30.5 Å². The first-order chi connectivity index (χ1) is 9.54. The van der Waals surface area contributed by atoms with Crippen molar-refractivity contribution >= 4 is 17.3 Å². The van der Waals surface area contributed by atoms with Crippen LogP contribution in [-0.2, 0) is 4.79 Å². The van der Waals surface area contributed by atoms with Gasteiger partial charge in [-0.25, -0.2) is 0 Å². The minimum absolute atomic E-state index is 0.0584. The van der Waals surface area contributed by atoms with Crippen molar-refractivity contribution in [1.29, 1.82) is 0 Å². The van der Waals surface area contributed by atoms with Crippen LogP contribution in [0.5, 0.6) is 0 Å². The maximum Gasteiger partial charge on any atom is 0.238 e. The number of benzene rings is 2. The number of aryl methyl sites for hydroxylation is 1.